The molecule has 4 aliphatic carbocycles. The van der Waals surface area contributed by atoms with Gasteiger partial charge in [-0.15, -0.1) is 0 Å². The zero-order valence-electron chi connectivity index (χ0n) is 22.1. The Hall–Kier alpha value is -3.33. The van der Waals surface area contributed by atoms with E-state index in [0.717, 1.165) is 61.9 Å². The number of carbonyl (C=O) groups is 1. The summed E-state index contributed by atoms with van der Waals surface area (Å²) in [6.07, 6.45) is 9.49. The van der Waals surface area contributed by atoms with Gasteiger partial charge in [-0.05, 0) is 92.2 Å². The fraction of sp³-hybridized carbons (Fsp3) is 0.484. The van der Waals surface area contributed by atoms with Crippen LogP contribution in [-0.4, -0.2) is 33.3 Å². The van der Waals surface area contributed by atoms with E-state index in [1.807, 2.05) is 10.6 Å². The Kier molecular flexibility index (Phi) is 6.18. The maximum absolute atomic E-state index is 15.0. The topological polar surface area (TPSA) is 79.2 Å². The molecule has 8 rings (SSSR count). The fourth-order valence-electron chi connectivity index (χ4n) is 8.87. The zero-order valence-corrected chi connectivity index (χ0v) is 22.1. The first kappa shape index (κ1) is 25.6. The molecule has 4 saturated carbocycles. The first-order valence-corrected chi connectivity index (χ1v) is 14.3. The molecule has 9 heteroatoms. The lowest BCUT2D eigenvalue weighted by Gasteiger charge is -2.62. The molecule has 2 aromatic carbocycles. The van der Waals surface area contributed by atoms with Gasteiger partial charge >= 0.3 is 6.03 Å². The average Bonchev–Trinajstić information content (AvgIpc) is 3.50. The number of nitrogens with zero attached hydrogens (tertiary/aromatic N) is 2. The first-order chi connectivity index (χ1) is 19.3. The summed E-state index contributed by atoms with van der Waals surface area (Å²) in [6.45, 7) is 0.466. The Morgan fingerprint density at radius 2 is 1.90 bits per heavy atom. The molecule has 1 aliphatic heterocycles. The molecule has 5 aliphatic rings. The lowest BCUT2D eigenvalue weighted by Crippen LogP contribution is -2.56. The van der Waals surface area contributed by atoms with E-state index in [1.165, 1.54) is 12.1 Å². The van der Waals surface area contributed by atoms with Gasteiger partial charge in [0.2, 0.25) is 0 Å². The van der Waals surface area contributed by atoms with E-state index < -0.39 is 23.8 Å². The molecule has 0 spiro atoms. The van der Waals surface area contributed by atoms with Gasteiger partial charge in [-0.2, -0.15) is 0 Å². The summed E-state index contributed by atoms with van der Waals surface area (Å²) < 4.78 is 44.0. The number of aliphatic hydroxyl groups excluding tert-OH is 1. The molecule has 4 unspecified atom stereocenters. The van der Waals surface area contributed by atoms with Gasteiger partial charge in [-0.1, -0.05) is 12.1 Å². The van der Waals surface area contributed by atoms with Gasteiger partial charge in [0.15, 0.2) is 0 Å². The Morgan fingerprint density at radius 1 is 1.10 bits per heavy atom. The summed E-state index contributed by atoms with van der Waals surface area (Å²) in [4.78, 5) is 16.6. The maximum atomic E-state index is 15.0. The van der Waals surface area contributed by atoms with E-state index in [-0.39, 0.29) is 23.0 Å². The molecule has 0 saturated heterocycles. The number of nitrogens with one attached hydrogen (secondary N) is 2. The number of imidazole rings is 1. The summed E-state index contributed by atoms with van der Waals surface area (Å²) in [7, 11) is 0. The number of aromatic nitrogens is 2. The highest BCUT2D eigenvalue weighted by Gasteiger charge is 2.57. The molecule has 1 aromatic heterocycles. The number of urea groups is 1. The highest BCUT2D eigenvalue weighted by Crippen LogP contribution is 2.64. The summed E-state index contributed by atoms with van der Waals surface area (Å²) >= 11 is 0. The molecule has 4 bridgehead atoms. The number of fused-ring (bicyclic) bond motifs is 3. The molecule has 4 fully saturated rings. The molecule has 3 aromatic rings. The number of hydrogen-bond donors (Lipinski definition) is 3. The second-order valence-corrected chi connectivity index (χ2v) is 12.4. The Balaban J connectivity index is 1.00. The van der Waals surface area contributed by atoms with Crippen LogP contribution in [0.3, 0.4) is 0 Å². The maximum Gasteiger partial charge on any atom is 0.319 e. The third-order valence-corrected chi connectivity index (χ3v) is 10.3. The summed E-state index contributed by atoms with van der Waals surface area (Å²) in [6, 6.07) is 7.43. The van der Waals surface area contributed by atoms with E-state index >= 15 is 0 Å². The lowest BCUT2D eigenvalue weighted by molar-refractivity contribution is -0.151. The van der Waals surface area contributed by atoms with E-state index in [1.54, 1.807) is 18.6 Å². The van der Waals surface area contributed by atoms with Crippen molar-refractivity contribution in [1.29, 1.82) is 0 Å². The number of rotatable bonds is 7. The van der Waals surface area contributed by atoms with Gasteiger partial charge in [0.1, 0.15) is 17.5 Å². The SMILES string of the molecule is O=C(NCCC1C2CC3CC1CC(C(O)CC1c4c(F)cccc4-c4cncn41)(C3)C2)Nc1ccc(F)cc1F. The first-order valence-electron chi connectivity index (χ1n) is 14.3. The van der Waals surface area contributed by atoms with Gasteiger partial charge < -0.3 is 20.3 Å². The van der Waals surface area contributed by atoms with Gasteiger partial charge in [-0.3, -0.25) is 0 Å². The van der Waals surface area contributed by atoms with Crippen molar-refractivity contribution in [3.05, 3.63) is 71.9 Å². The third-order valence-electron chi connectivity index (χ3n) is 10.3. The average molecular weight is 551 g/mol. The predicted octanol–water partition coefficient (Wildman–Crippen LogP) is 6.28. The minimum Gasteiger partial charge on any atom is -0.392 e. The van der Waals surface area contributed by atoms with Crippen LogP contribution in [0.1, 0.15) is 56.6 Å². The molecule has 3 N–H and O–H groups in total. The number of aliphatic hydroxyl groups is 1. The van der Waals surface area contributed by atoms with Crippen LogP contribution in [0.4, 0.5) is 23.7 Å². The van der Waals surface area contributed by atoms with Crippen molar-refractivity contribution in [3.63, 3.8) is 0 Å². The highest BCUT2D eigenvalue weighted by molar-refractivity contribution is 5.89. The van der Waals surface area contributed by atoms with Crippen LogP contribution < -0.4 is 10.6 Å². The van der Waals surface area contributed by atoms with Crippen LogP contribution in [0.2, 0.25) is 0 Å². The monoisotopic (exact) mass is 550 g/mol. The molecule has 6 nitrogen and oxygen atoms in total. The lowest BCUT2D eigenvalue weighted by atomic mass is 9.44. The number of amides is 2. The van der Waals surface area contributed by atoms with Gasteiger partial charge in [-0.25, -0.2) is 22.9 Å². The van der Waals surface area contributed by atoms with Crippen LogP contribution in [0.5, 0.6) is 0 Å². The normalized spacial score (nSPS) is 30.1. The molecule has 40 heavy (non-hydrogen) atoms. The summed E-state index contributed by atoms with van der Waals surface area (Å²) in [5, 5.41) is 17.1. The molecule has 2 heterocycles. The van der Waals surface area contributed by atoms with E-state index in [9.17, 15) is 23.1 Å². The van der Waals surface area contributed by atoms with Crippen LogP contribution in [0, 0.1) is 46.5 Å². The predicted molar refractivity (Wildman–Crippen MR) is 144 cm³/mol. The summed E-state index contributed by atoms with van der Waals surface area (Å²) in [5.74, 6) is 0.284. The van der Waals surface area contributed by atoms with Crippen LogP contribution in [0.25, 0.3) is 11.3 Å². The van der Waals surface area contributed by atoms with Gasteiger partial charge in [0.05, 0.1) is 36.1 Å². The number of carbonyl (C=O) groups excluding carboxylic acids is 1. The zero-order chi connectivity index (χ0) is 27.6. The van der Waals surface area contributed by atoms with Crippen LogP contribution in [0.15, 0.2) is 48.9 Å². The quantitative estimate of drug-likeness (QED) is 0.324. The van der Waals surface area contributed by atoms with Crippen molar-refractivity contribution < 1.29 is 23.1 Å². The summed E-state index contributed by atoms with van der Waals surface area (Å²) in [5.41, 5.74) is 2.20. The van der Waals surface area contributed by atoms with Crippen molar-refractivity contribution in [3.8, 4) is 11.3 Å². The highest BCUT2D eigenvalue weighted by atomic mass is 19.1. The van der Waals surface area contributed by atoms with Crippen LogP contribution >= 0.6 is 0 Å². The second-order valence-electron chi connectivity index (χ2n) is 12.4. The van der Waals surface area contributed by atoms with E-state index in [4.69, 9.17) is 0 Å². The molecule has 2 amide bonds. The van der Waals surface area contributed by atoms with Crippen molar-refractivity contribution in [1.82, 2.24) is 14.9 Å². The molecular formula is C31H33F3N4O2. The number of benzene rings is 2. The Morgan fingerprint density at radius 3 is 2.67 bits per heavy atom. The van der Waals surface area contributed by atoms with Gasteiger partial charge in [0.25, 0.3) is 0 Å². The third kappa shape index (κ3) is 4.21. The minimum absolute atomic E-state index is 0.0583. The smallest absolute Gasteiger partial charge is 0.319 e. The van der Waals surface area contributed by atoms with Crippen molar-refractivity contribution >= 4 is 11.7 Å². The van der Waals surface area contributed by atoms with E-state index in [2.05, 4.69) is 15.6 Å². The van der Waals surface area contributed by atoms with Crippen molar-refractivity contribution in [2.75, 3.05) is 11.9 Å². The molecule has 0 radical (unpaired) electrons. The molecule has 4 atom stereocenters. The minimum atomic E-state index is -0.812. The van der Waals surface area contributed by atoms with Crippen molar-refractivity contribution in [2.45, 2.75) is 57.1 Å². The van der Waals surface area contributed by atoms with Crippen LogP contribution in [-0.2, 0) is 0 Å². The largest absolute Gasteiger partial charge is 0.392 e. The fourth-order valence-corrected chi connectivity index (χ4v) is 8.87. The number of anilines is 1. The number of halogens is 3. The standard InChI is InChI=1S/C31H33F3N4O2/c32-20-4-5-25(24(34)10-20)37-30(40)36-7-6-21-18-8-17-9-19(21)14-31(12-17,13-18)28(39)11-26-29-22(2-1-3-23(29)33)27-15-35-16-38(26)27/h1-5,10,15-19,21,26,28,39H,6-9,11-14H2,(H2,36,37,40). The Bertz CT molecular complexity index is 1440. The Labute approximate surface area is 231 Å². The van der Waals surface area contributed by atoms with E-state index in [0.29, 0.717) is 42.2 Å². The van der Waals surface area contributed by atoms with Gasteiger partial charge in [0, 0.05) is 23.7 Å². The molecular weight excluding hydrogens is 517 g/mol. The number of hydrogen-bond acceptors (Lipinski definition) is 3. The van der Waals surface area contributed by atoms with Crippen molar-refractivity contribution in [2.24, 2.45) is 29.1 Å². The second kappa shape index (κ2) is 9.65. The molecule has 210 valence electrons.